The van der Waals surface area contributed by atoms with Gasteiger partial charge < -0.3 is 46.2 Å². The number of nitrogens with two attached hydrogens (primary N) is 2. The second kappa shape index (κ2) is 22.3. The molecule has 2 aliphatic rings. The fourth-order valence-corrected chi connectivity index (χ4v) is 7.48. The third kappa shape index (κ3) is 14.6. The molecule has 54 heavy (non-hydrogen) atoms. The van der Waals surface area contributed by atoms with Gasteiger partial charge in [0.1, 0.15) is 17.2 Å². The third-order valence-electron chi connectivity index (χ3n) is 10.4. The van der Waals surface area contributed by atoms with Crippen molar-refractivity contribution in [2.75, 3.05) is 39.4 Å². The van der Waals surface area contributed by atoms with Crippen molar-refractivity contribution in [3.05, 3.63) is 41.5 Å². The maximum absolute atomic E-state index is 13.0. The molecule has 13 nitrogen and oxygen atoms in total. The van der Waals surface area contributed by atoms with Crippen molar-refractivity contribution in [3.63, 3.8) is 0 Å². The molecule has 1 aromatic carbocycles. The first kappa shape index (κ1) is 44.3. The van der Waals surface area contributed by atoms with Crippen LogP contribution < -0.4 is 31.6 Å². The van der Waals surface area contributed by atoms with Crippen molar-refractivity contribution >= 4 is 24.1 Å². The first-order valence-electron chi connectivity index (χ1n) is 19.6. The maximum atomic E-state index is 13.0. The lowest BCUT2D eigenvalue weighted by molar-refractivity contribution is -0.147. The van der Waals surface area contributed by atoms with E-state index < -0.39 is 12.2 Å². The number of rotatable bonds is 20. The van der Waals surface area contributed by atoms with Crippen molar-refractivity contribution < 1.29 is 43.2 Å². The van der Waals surface area contributed by atoms with Gasteiger partial charge in [-0.1, -0.05) is 56.9 Å². The van der Waals surface area contributed by atoms with Crippen LogP contribution in [0.1, 0.15) is 116 Å². The molecule has 0 unspecified atom stereocenters. The number of aromatic hydroxyl groups is 1. The van der Waals surface area contributed by atoms with Crippen LogP contribution in [-0.4, -0.2) is 68.6 Å². The molecule has 0 heterocycles. The standard InChI is InChI=1S/C41H64N4O9/c1-27(2)19-30(25-42)21-36(47)51-17-9-16-45-40(50)54-35-23-31(22-34(46)38(35)33-20-29(5)11-12-32(33)28(3)4)53-39(49)44-15-10-18-52-37(48)24-41(26-43)13-7-6-8-14-41/h20,22-23,27,30,32-33,46H,3,6-19,21,24-26,42-43H2,1-2,4-5H3,(H,44,49)(H,45,50)/t30-,32-,33+/m0/s1. The Morgan fingerprint density at radius 2 is 1.59 bits per heavy atom. The zero-order valence-corrected chi connectivity index (χ0v) is 32.8. The molecule has 0 bridgehead atoms. The van der Waals surface area contributed by atoms with E-state index in [1.54, 1.807) is 0 Å². The van der Waals surface area contributed by atoms with Crippen LogP contribution in [0, 0.1) is 23.2 Å². The van der Waals surface area contributed by atoms with Crippen LogP contribution in [0.2, 0.25) is 0 Å². The van der Waals surface area contributed by atoms with E-state index in [0.29, 0.717) is 43.8 Å². The highest BCUT2D eigenvalue weighted by Gasteiger charge is 2.34. The monoisotopic (exact) mass is 756 g/mol. The van der Waals surface area contributed by atoms with Crippen molar-refractivity contribution in [2.24, 2.45) is 34.6 Å². The molecule has 2 amide bonds. The lowest BCUT2D eigenvalue weighted by Crippen LogP contribution is -2.35. The number of esters is 2. The van der Waals surface area contributed by atoms with Crippen LogP contribution in [0.15, 0.2) is 35.9 Å². The van der Waals surface area contributed by atoms with Gasteiger partial charge in [0.15, 0.2) is 0 Å². The number of phenols is 1. The second-order valence-corrected chi connectivity index (χ2v) is 15.5. The Bertz CT molecular complexity index is 1450. The summed E-state index contributed by atoms with van der Waals surface area (Å²) in [5, 5.41) is 16.6. The van der Waals surface area contributed by atoms with Gasteiger partial charge in [0.05, 0.1) is 19.6 Å². The van der Waals surface area contributed by atoms with E-state index >= 15 is 0 Å². The third-order valence-corrected chi connectivity index (χ3v) is 10.4. The molecule has 1 fully saturated rings. The number of hydrogen-bond donors (Lipinski definition) is 5. The summed E-state index contributed by atoms with van der Waals surface area (Å²) in [5.74, 6) is -0.696. The average Bonchev–Trinajstić information content (AvgIpc) is 3.10. The highest BCUT2D eigenvalue weighted by atomic mass is 16.6. The van der Waals surface area contributed by atoms with Crippen molar-refractivity contribution in [2.45, 2.75) is 111 Å². The Balaban J connectivity index is 1.59. The molecular formula is C41H64N4O9. The van der Waals surface area contributed by atoms with Crippen molar-refractivity contribution in [3.8, 4) is 17.2 Å². The minimum Gasteiger partial charge on any atom is -0.507 e. The predicted molar refractivity (Wildman–Crippen MR) is 207 cm³/mol. The number of hydrogen-bond acceptors (Lipinski definition) is 11. The van der Waals surface area contributed by atoms with Gasteiger partial charge in [-0.2, -0.15) is 0 Å². The Labute approximate surface area is 320 Å². The highest BCUT2D eigenvalue weighted by Crippen LogP contribution is 2.48. The SMILES string of the molecule is C=C(C)[C@@H]1CCC(C)=C[C@H]1c1c(O)cc(OC(=O)NCCCOC(=O)CC2(CN)CCCCC2)cc1OC(=O)NCCCOC(=O)C[C@@H](CN)CC(C)C. The largest absolute Gasteiger partial charge is 0.507 e. The van der Waals surface area contributed by atoms with Gasteiger partial charge in [-0.15, -0.1) is 0 Å². The number of ether oxygens (including phenoxy) is 4. The number of allylic oxidation sites excluding steroid dienone is 3. The molecule has 302 valence electrons. The molecule has 7 N–H and O–H groups in total. The Morgan fingerprint density at radius 1 is 0.963 bits per heavy atom. The topological polar surface area (TPSA) is 202 Å². The van der Waals surface area contributed by atoms with E-state index in [4.69, 9.17) is 30.4 Å². The highest BCUT2D eigenvalue weighted by molar-refractivity contribution is 5.74. The van der Waals surface area contributed by atoms with Gasteiger partial charge in [0.25, 0.3) is 0 Å². The molecule has 3 atom stereocenters. The summed E-state index contributed by atoms with van der Waals surface area (Å²) in [4.78, 5) is 50.5. The molecule has 0 aliphatic heterocycles. The summed E-state index contributed by atoms with van der Waals surface area (Å²) in [6.45, 7) is 13.7. The zero-order chi connectivity index (χ0) is 39.7. The Kier molecular flexibility index (Phi) is 18.3. The van der Waals surface area contributed by atoms with Crippen LogP contribution in [0.3, 0.4) is 0 Å². The van der Waals surface area contributed by atoms with Crippen LogP contribution in [0.4, 0.5) is 9.59 Å². The quantitative estimate of drug-likeness (QED) is 0.0535. The number of benzene rings is 1. The summed E-state index contributed by atoms with van der Waals surface area (Å²) in [7, 11) is 0. The van der Waals surface area contributed by atoms with Crippen molar-refractivity contribution in [1.29, 1.82) is 0 Å². The molecule has 0 radical (unpaired) electrons. The van der Waals surface area contributed by atoms with Crippen LogP contribution in [0.5, 0.6) is 17.2 Å². The number of carbonyl (C=O) groups excluding carboxylic acids is 4. The van der Waals surface area contributed by atoms with Gasteiger partial charge >= 0.3 is 24.1 Å². The van der Waals surface area contributed by atoms with Gasteiger partial charge in [0.2, 0.25) is 0 Å². The smallest absolute Gasteiger partial charge is 0.412 e. The average molecular weight is 757 g/mol. The van der Waals surface area contributed by atoms with E-state index in [9.17, 15) is 24.3 Å². The lowest BCUT2D eigenvalue weighted by atomic mass is 9.72. The van der Waals surface area contributed by atoms with Crippen molar-refractivity contribution in [1.82, 2.24) is 10.6 Å². The van der Waals surface area contributed by atoms with E-state index in [1.165, 1.54) is 12.1 Å². The summed E-state index contributed by atoms with van der Waals surface area (Å²) >= 11 is 0. The van der Waals surface area contributed by atoms with E-state index in [0.717, 1.165) is 62.5 Å². The molecule has 1 saturated carbocycles. The molecule has 3 rings (SSSR count). The fraction of sp³-hybridized carbons (Fsp3) is 0.659. The summed E-state index contributed by atoms with van der Waals surface area (Å²) < 4.78 is 22.0. The molecule has 2 aliphatic carbocycles. The van der Waals surface area contributed by atoms with Gasteiger partial charge in [-0.25, -0.2) is 9.59 Å². The van der Waals surface area contributed by atoms with Crippen LogP contribution >= 0.6 is 0 Å². The van der Waals surface area contributed by atoms with Gasteiger partial charge in [-0.3, -0.25) is 9.59 Å². The molecule has 13 heteroatoms. The minimum atomic E-state index is -0.794. The number of phenolic OH excluding ortho intramolecular Hbond substituents is 1. The van der Waals surface area contributed by atoms with Crippen LogP contribution in [0.25, 0.3) is 0 Å². The molecular weight excluding hydrogens is 692 g/mol. The first-order valence-corrected chi connectivity index (χ1v) is 19.6. The fourth-order valence-electron chi connectivity index (χ4n) is 7.48. The van der Waals surface area contributed by atoms with Gasteiger partial charge in [-0.05, 0) is 95.1 Å². The number of nitrogens with one attached hydrogen (secondary N) is 2. The van der Waals surface area contributed by atoms with Gasteiger partial charge in [0, 0.05) is 43.1 Å². The van der Waals surface area contributed by atoms with E-state index in [-0.39, 0.29) is 85.1 Å². The lowest BCUT2D eigenvalue weighted by Gasteiger charge is -2.35. The first-order chi connectivity index (χ1) is 25.8. The minimum absolute atomic E-state index is 0.0215. The van der Waals surface area contributed by atoms with E-state index in [2.05, 4.69) is 31.1 Å². The summed E-state index contributed by atoms with van der Waals surface area (Å²) in [6, 6.07) is 2.71. The van der Waals surface area contributed by atoms with Crippen LogP contribution in [-0.2, 0) is 19.1 Å². The second-order valence-electron chi connectivity index (χ2n) is 15.5. The molecule has 0 saturated heterocycles. The molecule has 1 aromatic rings. The Hall–Kier alpha value is -4.10. The zero-order valence-electron chi connectivity index (χ0n) is 32.8. The summed E-state index contributed by atoms with van der Waals surface area (Å²) in [5.41, 5.74) is 14.0. The number of carbonyl (C=O) groups is 4. The maximum Gasteiger partial charge on any atom is 0.412 e. The molecule has 0 aromatic heterocycles. The normalized spacial score (nSPS) is 18.5. The number of amides is 2. The predicted octanol–water partition coefficient (Wildman–Crippen LogP) is 6.76. The Morgan fingerprint density at radius 3 is 2.19 bits per heavy atom. The summed E-state index contributed by atoms with van der Waals surface area (Å²) in [6.07, 6.45) is 9.41. The molecule has 0 spiro atoms. The van der Waals surface area contributed by atoms with E-state index in [1.807, 2.05) is 19.9 Å².